The molecule has 0 aromatic heterocycles. The van der Waals surface area contributed by atoms with Gasteiger partial charge in [0.15, 0.2) is 0 Å². The van der Waals surface area contributed by atoms with E-state index in [0.717, 1.165) is 11.8 Å². The van der Waals surface area contributed by atoms with Crippen LogP contribution in [0.4, 0.5) is 0 Å². The highest BCUT2D eigenvalue weighted by molar-refractivity contribution is 8.00. The van der Waals surface area contributed by atoms with Crippen LogP contribution in [-0.4, -0.2) is 40.6 Å². The summed E-state index contributed by atoms with van der Waals surface area (Å²) in [5.41, 5.74) is 5.96. The third-order valence-electron chi connectivity index (χ3n) is 3.16. The molecule has 1 saturated heterocycles. The first-order valence-electron chi connectivity index (χ1n) is 5.07. The van der Waals surface area contributed by atoms with Gasteiger partial charge < -0.3 is 5.73 Å². The second kappa shape index (κ2) is 4.20. The minimum Gasteiger partial charge on any atom is -0.329 e. The molecule has 0 aliphatic carbocycles. The normalized spacial score (nSPS) is 32.1. The summed E-state index contributed by atoms with van der Waals surface area (Å²) in [6.45, 7) is 11.0. The molecular formula is C10H22N2S. The first-order valence-corrected chi connectivity index (χ1v) is 6.12. The second-order valence-electron chi connectivity index (χ2n) is 4.53. The lowest BCUT2D eigenvalue weighted by atomic mass is 9.99. The SMILES string of the molecule is CC1SCCN(C(C)(C)CN)C1C. The van der Waals surface area contributed by atoms with Gasteiger partial charge in [0.25, 0.3) is 0 Å². The van der Waals surface area contributed by atoms with E-state index in [9.17, 15) is 0 Å². The lowest BCUT2D eigenvalue weighted by Gasteiger charge is -2.47. The molecule has 1 aliphatic rings. The quantitative estimate of drug-likeness (QED) is 0.736. The molecular weight excluding hydrogens is 180 g/mol. The van der Waals surface area contributed by atoms with Crippen molar-refractivity contribution in [3.8, 4) is 0 Å². The van der Waals surface area contributed by atoms with Gasteiger partial charge in [-0.05, 0) is 20.8 Å². The van der Waals surface area contributed by atoms with Crippen LogP contribution in [0, 0.1) is 0 Å². The van der Waals surface area contributed by atoms with Crippen molar-refractivity contribution in [3.63, 3.8) is 0 Å². The van der Waals surface area contributed by atoms with Gasteiger partial charge in [-0.15, -0.1) is 0 Å². The fourth-order valence-electron chi connectivity index (χ4n) is 1.90. The highest BCUT2D eigenvalue weighted by atomic mass is 32.2. The van der Waals surface area contributed by atoms with Gasteiger partial charge in [0.1, 0.15) is 0 Å². The van der Waals surface area contributed by atoms with Crippen LogP contribution in [0.25, 0.3) is 0 Å². The Balaban J connectivity index is 2.67. The Morgan fingerprint density at radius 1 is 1.46 bits per heavy atom. The van der Waals surface area contributed by atoms with Crippen LogP contribution in [0.1, 0.15) is 27.7 Å². The standard InChI is InChI=1S/C10H22N2S/c1-8-9(2)13-6-5-12(8)10(3,4)7-11/h8-9H,5-7,11H2,1-4H3. The molecule has 0 bridgehead atoms. The van der Waals surface area contributed by atoms with Crippen LogP contribution in [0.5, 0.6) is 0 Å². The molecule has 2 N–H and O–H groups in total. The first kappa shape index (κ1) is 11.3. The summed E-state index contributed by atoms with van der Waals surface area (Å²) in [4.78, 5) is 2.55. The molecule has 78 valence electrons. The average Bonchev–Trinajstić information content (AvgIpc) is 2.09. The van der Waals surface area contributed by atoms with Gasteiger partial charge in [-0.25, -0.2) is 0 Å². The summed E-state index contributed by atoms with van der Waals surface area (Å²) in [5, 5.41) is 0.736. The predicted molar refractivity (Wildman–Crippen MR) is 61.2 cm³/mol. The summed E-state index contributed by atoms with van der Waals surface area (Å²) < 4.78 is 0. The molecule has 2 unspecified atom stereocenters. The fourth-order valence-corrected chi connectivity index (χ4v) is 3.00. The maximum Gasteiger partial charge on any atom is 0.0279 e. The zero-order chi connectivity index (χ0) is 10.1. The van der Waals surface area contributed by atoms with Crippen LogP contribution in [0.3, 0.4) is 0 Å². The van der Waals surface area contributed by atoms with Crippen LogP contribution in [-0.2, 0) is 0 Å². The highest BCUT2D eigenvalue weighted by Crippen LogP contribution is 2.29. The Labute approximate surface area is 86.2 Å². The van der Waals surface area contributed by atoms with E-state index < -0.39 is 0 Å². The molecule has 1 heterocycles. The van der Waals surface area contributed by atoms with Gasteiger partial charge in [-0.1, -0.05) is 6.92 Å². The molecule has 13 heavy (non-hydrogen) atoms. The van der Waals surface area contributed by atoms with Crippen LogP contribution in [0.15, 0.2) is 0 Å². The van der Waals surface area contributed by atoms with E-state index in [1.54, 1.807) is 0 Å². The van der Waals surface area contributed by atoms with E-state index in [0.29, 0.717) is 6.04 Å². The largest absolute Gasteiger partial charge is 0.329 e. The van der Waals surface area contributed by atoms with Crippen molar-refractivity contribution in [1.29, 1.82) is 0 Å². The maximum atomic E-state index is 5.80. The van der Waals surface area contributed by atoms with E-state index in [2.05, 4.69) is 44.4 Å². The molecule has 0 radical (unpaired) electrons. The van der Waals surface area contributed by atoms with Crippen molar-refractivity contribution in [2.75, 3.05) is 18.8 Å². The Hall–Kier alpha value is 0.270. The lowest BCUT2D eigenvalue weighted by Crippen LogP contribution is -2.58. The topological polar surface area (TPSA) is 29.3 Å². The van der Waals surface area contributed by atoms with Gasteiger partial charge >= 0.3 is 0 Å². The molecule has 0 aromatic rings. The smallest absolute Gasteiger partial charge is 0.0279 e. The summed E-state index contributed by atoms with van der Waals surface area (Å²) in [5.74, 6) is 1.24. The van der Waals surface area contributed by atoms with Crippen LogP contribution < -0.4 is 5.73 Å². The van der Waals surface area contributed by atoms with Gasteiger partial charge in [0.2, 0.25) is 0 Å². The number of nitrogens with two attached hydrogens (primary N) is 1. The molecule has 2 nitrogen and oxygen atoms in total. The Morgan fingerprint density at radius 3 is 2.62 bits per heavy atom. The van der Waals surface area contributed by atoms with Crippen molar-refractivity contribution in [2.45, 2.75) is 44.5 Å². The van der Waals surface area contributed by atoms with E-state index >= 15 is 0 Å². The zero-order valence-electron chi connectivity index (χ0n) is 9.21. The predicted octanol–water partition coefficient (Wildman–Crippen LogP) is 1.55. The molecule has 0 aromatic carbocycles. The molecule has 2 atom stereocenters. The van der Waals surface area contributed by atoms with Crippen LogP contribution >= 0.6 is 11.8 Å². The van der Waals surface area contributed by atoms with Crippen LogP contribution in [0.2, 0.25) is 0 Å². The van der Waals surface area contributed by atoms with E-state index in [1.165, 1.54) is 12.3 Å². The molecule has 1 fully saturated rings. The van der Waals surface area contributed by atoms with E-state index in [4.69, 9.17) is 5.73 Å². The first-order chi connectivity index (χ1) is 5.99. The summed E-state index contributed by atoms with van der Waals surface area (Å²) >= 11 is 2.07. The van der Waals surface area contributed by atoms with Gasteiger partial charge in [0, 0.05) is 35.7 Å². The molecule has 1 aliphatic heterocycles. The minimum absolute atomic E-state index is 0.161. The van der Waals surface area contributed by atoms with E-state index in [-0.39, 0.29) is 5.54 Å². The number of hydrogen-bond acceptors (Lipinski definition) is 3. The van der Waals surface area contributed by atoms with Crippen molar-refractivity contribution < 1.29 is 0 Å². The number of thioether (sulfide) groups is 1. The zero-order valence-corrected chi connectivity index (χ0v) is 10.0. The monoisotopic (exact) mass is 202 g/mol. The second-order valence-corrected chi connectivity index (χ2v) is 6.01. The number of rotatable bonds is 2. The van der Waals surface area contributed by atoms with Gasteiger partial charge in [-0.3, -0.25) is 4.90 Å². The molecule has 0 saturated carbocycles. The number of hydrogen-bond donors (Lipinski definition) is 1. The summed E-state index contributed by atoms with van der Waals surface area (Å²) in [6.07, 6.45) is 0. The van der Waals surface area contributed by atoms with Gasteiger partial charge in [-0.2, -0.15) is 11.8 Å². The van der Waals surface area contributed by atoms with E-state index in [1.807, 2.05) is 0 Å². The van der Waals surface area contributed by atoms with Crippen molar-refractivity contribution >= 4 is 11.8 Å². The van der Waals surface area contributed by atoms with Crippen molar-refractivity contribution in [2.24, 2.45) is 5.73 Å². The highest BCUT2D eigenvalue weighted by Gasteiger charge is 2.34. The van der Waals surface area contributed by atoms with Gasteiger partial charge in [0.05, 0.1) is 0 Å². The maximum absolute atomic E-state index is 5.80. The van der Waals surface area contributed by atoms with Crippen molar-refractivity contribution in [3.05, 3.63) is 0 Å². The molecule has 3 heteroatoms. The summed E-state index contributed by atoms with van der Waals surface area (Å²) in [7, 11) is 0. The third kappa shape index (κ3) is 2.39. The molecule has 0 spiro atoms. The molecule has 1 rings (SSSR count). The Kier molecular flexibility index (Phi) is 3.66. The number of nitrogens with zero attached hydrogens (tertiary/aromatic N) is 1. The Morgan fingerprint density at radius 2 is 2.08 bits per heavy atom. The minimum atomic E-state index is 0.161. The lowest BCUT2D eigenvalue weighted by molar-refractivity contribution is 0.0861. The Bertz CT molecular complexity index is 170. The molecule has 0 amide bonds. The third-order valence-corrected chi connectivity index (χ3v) is 4.50. The fraction of sp³-hybridized carbons (Fsp3) is 1.00. The summed E-state index contributed by atoms with van der Waals surface area (Å²) in [6, 6.07) is 0.650. The average molecular weight is 202 g/mol. The van der Waals surface area contributed by atoms with Crippen molar-refractivity contribution in [1.82, 2.24) is 4.90 Å².